The SMILES string of the molecule is CCOc1ccc(NCc2cccc(OC(C)C)c2)cn1. The molecule has 0 radical (unpaired) electrons. The van der Waals surface area contributed by atoms with Gasteiger partial charge in [-0.05, 0) is 44.5 Å². The molecule has 1 heterocycles. The number of nitrogens with zero attached hydrogens (tertiary/aromatic N) is 1. The van der Waals surface area contributed by atoms with Gasteiger partial charge in [-0.2, -0.15) is 0 Å². The van der Waals surface area contributed by atoms with Crippen molar-refractivity contribution in [3.05, 3.63) is 48.2 Å². The smallest absolute Gasteiger partial charge is 0.213 e. The number of hydrogen-bond donors (Lipinski definition) is 1. The average molecular weight is 286 g/mol. The van der Waals surface area contributed by atoms with Gasteiger partial charge in [0.2, 0.25) is 5.88 Å². The maximum Gasteiger partial charge on any atom is 0.213 e. The maximum absolute atomic E-state index is 5.69. The molecule has 1 aromatic heterocycles. The Morgan fingerprint density at radius 3 is 2.71 bits per heavy atom. The number of benzene rings is 1. The molecule has 112 valence electrons. The van der Waals surface area contributed by atoms with E-state index in [4.69, 9.17) is 9.47 Å². The van der Waals surface area contributed by atoms with Crippen molar-refractivity contribution in [2.24, 2.45) is 0 Å². The first kappa shape index (κ1) is 15.2. The largest absolute Gasteiger partial charge is 0.491 e. The van der Waals surface area contributed by atoms with Gasteiger partial charge >= 0.3 is 0 Å². The molecule has 0 aliphatic rings. The van der Waals surface area contributed by atoms with Crippen LogP contribution in [-0.2, 0) is 6.54 Å². The van der Waals surface area contributed by atoms with Crippen LogP contribution in [0.15, 0.2) is 42.6 Å². The second-order valence-electron chi connectivity index (χ2n) is 4.99. The summed E-state index contributed by atoms with van der Waals surface area (Å²) < 4.78 is 11.0. The molecule has 0 saturated carbocycles. The minimum atomic E-state index is 0.184. The highest BCUT2D eigenvalue weighted by Crippen LogP contribution is 2.17. The molecule has 1 N–H and O–H groups in total. The highest BCUT2D eigenvalue weighted by molar-refractivity contribution is 5.43. The first-order chi connectivity index (χ1) is 10.2. The molecule has 2 rings (SSSR count). The Morgan fingerprint density at radius 1 is 1.19 bits per heavy atom. The Morgan fingerprint density at radius 2 is 2.05 bits per heavy atom. The van der Waals surface area contributed by atoms with Crippen molar-refractivity contribution < 1.29 is 9.47 Å². The number of rotatable bonds is 7. The van der Waals surface area contributed by atoms with E-state index in [0.29, 0.717) is 12.5 Å². The fraction of sp³-hybridized carbons (Fsp3) is 0.353. The van der Waals surface area contributed by atoms with Crippen molar-refractivity contribution in [2.75, 3.05) is 11.9 Å². The van der Waals surface area contributed by atoms with E-state index in [0.717, 1.165) is 18.0 Å². The summed E-state index contributed by atoms with van der Waals surface area (Å²) in [6.45, 7) is 7.35. The Balaban J connectivity index is 1.93. The van der Waals surface area contributed by atoms with Gasteiger partial charge in [0.1, 0.15) is 5.75 Å². The Labute approximate surface area is 126 Å². The topological polar surface area (TPSA) is 43.4 Å². The molecule has 0 amide bonds. The van der Waals surface area contributed by atoms with E-state index in [1.54, 1.807) is 6.20 Å². The van der Waals surface area contributed by atoms with Gasteiger partial charge in [0, 0.05) is 12.6 Å². The normalized spacial score (nSPS) is 10.5. The molecule has 0 spiro atoms. The molecule has 0 aliphatic heterocycles. The van der Waals surface area contributed by atoms with Gasteiger partial charge in [-0.1, -0.05) is 12.1 Å². The second-order valence-corrected chi connectivity index (χ2v) is 4.99. The molecule has 21 heavy (non-hydrogen) atoms. The third kappa shape index (κ3) is 4.99. The zero-order valence-corrected chi connectivity index (χ0v) is 12.8. The highest BCUT2D eigenvalue weighted by Gasteiger charge is 2.00. The molecule has 0 fully saturated rings. The molecule has 0 saturated heterocycles. The van der Waals surface area contributed by atoms with E-state index in [2.05, 4.69) is 22.4 Å². The van der Waals surface area contributed by atoms with Crippen molar-refractivity contribution in [1.82, 2.24) is 4.98 Å². The number of aromatic nitrogens is 1. The van der Waals surface area contributed by atoms with Crippen molar-refractivity contribution in [2.45, 2.75) is 33.4 Å². The first-order valence-electron chi connectivity index (χ1n) is 7.25. The summed E-state index contributed by atoms with van der Waals surface area (Å²) in [5.74, 6) is 1.55. The summed E-state index contributed by atoms with van der Waals surface area (Å²) in [6, 6.07) is 11.9. The maximum atomic E-state index is 5.69. The summed E-state index contributed by atoms with van der Waals surface area (Å²) in [5.41, 5.74) is 2.13. The van der Waals surface area contributed by atoms with Gasteiger partial charge in [-0.25, -0.2) is 4.98 Å². The van der Waals surface area contributed by atoms with E-state index in [9.17, 15) is 0 Å². The Bertz CT molecular complexity index is 553. The minimum absolute atomic E-state index is 0.184. The van der Waals surface area contributed by atoms with Crippen LogP contribution >= 0.6 is 0 Å². The average Bonchev–Trinajstić information content (AvgIpc) is 2.47. The van der Waals surface area contributed by atoms with Crippen LogP contribution in [0.25, 0.3) is 0 Å². The molecule has 0 atom stereocenters. The van der Waals surface area contributed by atoms with Crippen LogP contribution in [0.3, 0.4) is 0 Å². The number of anilines is 1. The molecule has 4 nitrogen and oxygen atoms in total. The van der Waals surface area contributed by atoms with Crippen molar-refractivity contribution >= 4 is 5.69 Å². The number of pyridine rings is 1. The summed E-state index contributed by atoms with van der Waals surface area (Å²) >= 11 is 0. The third-order valence-electron chi connectivity index (χ3n) is 2.80. The third-order valence-corrected chi connectivity index (χ3v) is 2.80. The summed E-state index contributed by atoms with van der Waals surface area (Å²) in [5, 5.41) is 3.34. The molecular formula is C17H22N2O2. The molecule has 2 aromatic rings. The van der Waals surface area contributed by atoms with E-state index >= 15 is 0 Å². The van der Waals surface area contributed by atoms with Gasteiger partial charge in [-0.15, -0.1) is 0 Å². The van der Waals surface area contributed by atoms with Gasteiger partial charge in [0.25, 0.3) is 0 Å². The standard InChI is InChI=1S/C17H22N2O2/c1-4-20-17-9-8-15(12-19-17)18-11-14-6-5-7-16(10-14)21-13(2)3/h5-10,12-13,18H,4,11H2,1-3H3. The zero-order valence-electron chi connectivity index (χ0n) is 12.8. The first-order valence-corrected chi connectivity index (χ1v) is 7.25. The lowest BCUT2D eigenvalue weighted by Gasteiger charge is -2.12. The van der Waals surface area contributed by atoms with Gasteiger partial charge < -0.3 is 14.8 Å². The lowest BCUT2D eigenvalue weighted by Crippen LogP contribution is -2.06. The van der Waals surface area contributed by atoms with Crippen molar-refractivity contribution in [3.63, 3.8) is 0 Å². The fourth-order valence-electron chi connectivity index (χ4n) is 1.92. The van der Waals surface area contributed by atoms with E-state index in [1.165, 1.54) is 5.56 Å². The van der Waals surface area contributed by atoms with Gasteiger partial charge in [0.05, 0.1) is 24.6 Å². The minimum Gasteiger partial charge on any atom is -0.491 e. The monoisotopic (exact) mass is 286 g/mol. The lowest BCUT2D eigenvalue weighted by molar-refractivity contribution is 0.242. The Hall–Kier alpha value is -2.23. The molecule has 0 aliphatic carbocycles. The van der Waals surface area contributed by atoms with Crippen molar-refractivity contribution in [3.8, 4) is 11.6 Å². The van der Waals surface area contributed by atoms with E-state index < -0.39 is 0 Å². The predicted octanol–water partition coefficient (Wildman–Crippen LogP) is 3.88. The van der Waals surface area contributed by atoms with Crippen LogP contribution in [0.4, 0.5) is 5.69 Å². The van der Waals surface area contributed by atoms with Crippen LogP contribution < -0.4 is 14.8 Å². The fourth-order valence-corrected chi connectivity index (χ4v) is 1.92. The molecular weight excluding hydrogens is 264 g/mol. The Kier molecular flexibility index (Phi) is 5.43. The predicted molar refractivity (Wildman–Crippen MR) is 84.9 cm³/mol. The molecule has 0 unspecified atom stereocenters. The van der Waals surface area contributed by atoms with Gasteiger partial charge in [-0.3, -0.25) is 0 Å². The quantitative estimate of drug-likeness (QED) is 0.839. The van der Waals surface area contributed by atoms with E-state index in [-0.39, 0.29) is 6.10 Å². The van der Waals surface area contributed by atoms with Gasteiger partial charge in [0.15, 0.2) is 0 Å². The molecule has 4 heteroatoms. The summed E-state index contributed by atoms with van der Waals surface area (Å²) in [7, 11) is 0. The van der Waals surface area contributed by atoms with E-state index in [1.807, 2.05) is 45.0 Å². The van der Waals surface area contributed by atoms with Crippen LogP contribution in [-0.4, -0.2) is 17.7 Å². The van der Waals surface area contributed by atoms with Crippen LogP contribution in [0, 0.1) is 0 Å². The highest BCUT2D eigenvalue weighted by atomic mass is 16.5. The number of ether oxygens (including phenoxy) is 2. The number of nitrogens with one attached hydrogen (secondary N) is 1. The van der Waals surface area contributed by atoms with Crippen LogP contribution in [0.5, 0.6) is 11.6 Å². The molecule has 0 bridgehead atoms. The molecule has 1 aromatic carbocycles. The zero-order chi connectivity index (χ0) is 15.1. The van der Waals surface area contributed by atoms with Crippen LogP contribution in [0.1, 0.15) is 26.3 Å². The summed E-state index contributed by atoms with van der Waals surface area (Å²) in [6.07, 6.45) is 1.96. The lowest BCUT2D eigenvalue weighted by atomic mass is 10.2. The summed E-state index contributed by atoms with van der Waals surface area (Å²) in [4.78, 5) is 4.23. The van der Waals surface area contributed by atoms with Crippen molar-refractivity contribution in [1.29, 1.82) is 0 Å². The van der Waals surface area contributed by atoms with Crippen LogP contribution in [0.2, 0.25) is 0 Å². The number of hydrogen-bond acceptors (Lipinski definition) is 4. The second kappa shape index (κ2) is 7.53.